The van der Waals surface area contributed by atoms with Gasteiger partial charge in [0.25, 0.3) is 0 Å². The van der Waals surface area contributed by atoms with Gasteiger partial charge in [-0.1, -0.05) is 12.1 Å². The van der Waals surface area contributed by atoms with Crippen LogP contribution in [0.15, 0.2) is 36.4 Å². The number of aryl methyl sites for hydroxylation is 3. The highest BCUT2D eigenvalue weighted by atomic mass is 19.2. The third-order valence-corrected chi connectivity index (χ3v) is 4.76. The molecule has 0 aliphatic heterocycles. The minimum Gasteiger partial charge on any atom is -0.399 e. The van der Waals surface area contributed by atoms with Crippen molar-refractivity contribution in [3.63, 3.8) is 0 Å². The third-order valence-electron chi connectivity index (χ3n) is 4.76. The zero-order valence-electron chi connectivity index (χ0n) is 15.2. The topological polar surface area (TPSA) is 80.9 Å². The van der Waals surface area contributed by atoms with Crippen molar-refractivity contribution in [3.8, 4) is 11.3 Å². The fourth-order valence-corrected chi connectivity index (χ4v) is 3.38. The van der Waals surface area contributed by atoms with Crippen LogP contribution in [-0.4, -0.2) is 15.9 Å². The van der Waals surface area contributed by atoms with E-state index < -0.39 is 11.6 Å². The van der Waals surface area contributed by atoms with Gasteiger partial charge in [-0.25, -0.2) is 18.7 Å². The first-order valence-electron chi connectivity index (χ1n) is 8.91. The van der Waals surface area contributed by atoms with Crippen molar-refractivity contribution < 1.29 is 13.6 Å². The number of aromatic nitrogens is 2. The molecule has 5 nitrogen and oxygen atoms in total. The summed E-state index contributed by atoms with van der Waals surface area (Å²) in [5, 5.41) is 2.73. The lowest BCUT2D eigenvalue weighted by Crippen LogP contribution is -2.19. The molecule has 0 bridgehead atoms. The predicted molar refractivity (Wildman–Crippen MR) is 103 cm³/mol. The van der Waals surface area contributed by atoms with Crippen LogP contribution in [0.25, 0.3) is 11.3 Å². The molecule has 28 heavy (non-hydrogen) atoms. The van der Waals surface area contributed by atoms with E-state index in [9.17, 15) is 13.6 Å². The summed E-state index contributed by atoms with van der Waals surface area (Å²) >= 11 is 0. The minimum absolute atomic E-state index is 0.0858. The van der Waals surface area contributed by atoms with E-state index in [-0.39, 0.29) is 12.3 Å². The molecule has 7 heteroatoms. The second-order valence-electron chi connectivity index (χ2n) is 6.84. The third kappa shape index (κ3) is 3.43. The molecule has 0 saturated carbocycles. The van der Waals surface area contributed by atoms with Gasteiger partial charge in [0.2, 0.25) is 5.91 Å². The fourth-order valence-electron chi connectivity index (χ4n) is 3.38. The first-order valence-corrected chi connectivity index (χ1v) is 8.91. The van der Waals surface area contributed by atoms with Crippen LogP contribution in [0.5, 0.6) is 0 Å². The average molecular weight is 380 g/mol. The summed E-state index contributed by atoms with van der Waals surface area (Å²) in [6, 6.07) is 9.13. The molecular weight excluding hydrogens is 362 g/mol. The van der Waals surface area contributed by atoms with E-state index in [0.717, 1.165) is 41.1 Å². The van der Waals surface area contributed by atoms with Gasteiger partial charge in [-0.05, 0) is 55.2 Å². The number of rotatable bonds is 3. The summed E-state index contributed by atoms with van der Waals surface area (Å²) in [6.45, 7) is 1.77. The second-order valence-corrected chi connectivity index (χ2v) is 6.84. The fraction of sp³-hybridized carbons (Fsp3) is 0.190. The smallest absolute Gasteiger partial charge is 0.229 e. The molecular formula is C21H18F2N4O. The minimum atomic E-state index is -0.977. The van der Waals surface area contributed by atoms with Crippen molar-refractivity contribution in [2.24, 2.45) is 0 Å². The summed E-state index contributed by atoms with van der Waals surface area (Å²) in [6.07, 6.45) is 1.41. The van der Waals surface area contributed by atoms with Crippen LogP contribution in [0.3, 0.4) is 0 Å². The van der Waals surface area contributed by atoms with E-state index in [1.807, 2.05) is 18.2 Å². The highest BCUT2D eigenvalue weighted by molar-refractivity contribution is 5.92. The molecule has 0 saturated heterocycles. The van der Waals surface area contributed by atoms with Gasteiger partial charge in [0.1, 0.15) is 0 Å². The maximum atomic E-state index is 13.3. The van der Waals surface area contributed by atoms with Gasteiger partial charge in [0.15, 0.2) is 17.5 Å². The summed E-state index contributed by atoms with van der Waals surface area (Å²) in [7, 11) is 0. The Balaban J connectivity index is 1.57. The number of carbonyl (C=O) groups excluding carboxylic acids is 1. The maximum Gasteiger partial charge on any atom is 0.229 e. The Hall–Kier alpha value is -3.35. The molecule has 0 unspecified atom stereocenters. The van der Waals surface area contributed by atoms with Crippen LogP contribution in [-0.2, 0) is 24.1 Å². The number of amides is 1. The molecule has 142 valence electrons. The highest BCUT2D eigenvalue weighted by Gasteiger charge is 2.21. The van der Waals surface area contributed by atoms with Crippen molar-refractivity contribution in [2.45, 2.75) is 26.2 Å². The number of nitrogens with zero attached hydrogens (tertiary/aromatic N) is 2. The Morgan fingerprint density at radius 3 is 2.71 bits per heavy atom. The summed E-state index contributed by atoms with van der Waals surface area (Å²) in [4.78, 5) is 21.6. The van der Waals surface area contributed by atoms with Crippen LogP contribution >= 0.6 is 0 Å². The average Bonchev–Trinajstić information content (AvgIpc) is 2.65. The van der Waals surface area contributed by atoms with Crippen LogP contribution < -0.4 is 11.1 Å². The molecule has 3 aromatic rings. The van der Waals surface area contributed by atoms with Gasteiger partial charge >= 0.3 is 0 Å². The highest BCUT2D eigenvalue weighted by Crippen LogP contribution is 2.33. The Bertz CT molecular complexity index is 1100. The van der Waals surface area contributed by atoms with Crippen LogP contribution in [0.2, 0.25) is 0 Å². The SMILES string of the molecule is Cc1nc2c(nc1NC(=O)Cc1ccc(F)c(F)c1)CCc1cc(N)ccc1-2. The molecule has 0 atom stereocenters. The number of benzene rings is 2. The van der Waals surface area contributed by atoms with Crippen molar-refractivity contribution in [3.05, 3.63) is 70.5 Å². The van der Waals surface area contributed by atoms with Gasteiger partial charge in [0, 0.05) is 11.3 Å². The molecule has 1 aliphatic rings. The van der Waals surface area contributed by atoms with E-state index in [4.69, 9.17) is 5.73 Å². The normalized spacial score (nSPS) is 12.2. The van der Waals surface area contributed by atoms with Crippen LogP contribution in [0.1, 0.15) is 22.5 Å². The Morgan fingerprint density at radius 1 is 1.11 bits per heavy atom. The second kappa shape index (κ2) is 6.99. The van der Waals surface area contributed by atoms with E-state index in [2.05, 4.69) is 15.3 Å². The van der Waals surface area contributed by atoms with Gasteiger partial charge in [-0.15, -0.1) is 0 Å². The number of hydrogen-bond donors (Lipinski definition) is 2. The van der Waals surface area contributed by atoms with Gasteiger partial charge in [-0.2, -0.15) is 0 Å². The van der Waals surface area contributed by atoms with E-state index in [1.165, 1.54) is 6.07 Å². The van der Waals surface area contributed by atoms with Gasteiger partial charge in [-0.3, -0.25) is 4.79 Å². The number of carbonyl (C=O) groups is 1. The molecule has 1 aromatic heterocycles. The summed E-state index contributed by atoms with van der Waals surface area (Å²) < 4.78 is 26.3. The maximum absolute atomic E-state index is 13.3. The van der Waals surface area contributed by atoms with Crippen molar-refractivity contribution in [1.82, 2.24) is 9.97 Å². The molecule has 1 amide bonds. The molecule has 4 rings (SSSR count). The van der Waals surface area contributed by atoms with E-state index in [1.54, 1.807) is 6.92 Å². The number of nitrogen functional groups attached to an aromatic ring is 1. The number of halogens is 2. The van der Waals surface area contributed by atoms with Crippen molar-refractivity contribution in [2.75, 3.05) is 11.1 Å². The van der Waals surface area contributed by atoms with E-state index in [0.29, 0.717) is 29.2 Å². The number of nitrogens with two attached hydrogens (primary N) is 1. The molecule has 2 aromatic carbocycles. The van der Waals surface area contributed by atoms with Crippen LogP contribution in [0.4, 0.5) is 20.3 Å². The lowest BCUT2D eigenvalue weighted by molar-refractivity contribution is -0.115. The molecule has 0 radical (unpaired) electrons. The molecule has 0 spiro atoms. The zero-order valence-corrected chi connectivity index (χ0v) is 15.2. The first-order chi connectivity index (χ1) is 13.4. The summed E-state index contributed by atoms with van der Waals surface area (Å²) in [5.41, 5.74) is 11.3. The zero-order chi connectivity index (χ0) is 19.8. The molecule has 3 N–H and O–H groups in total. The quantitative estimate of drug-likeness (QED) is 0.681. The van der Waals surface area contributed by atoms with Crippen molar-refractivity contribution in [1.29, 1.82) is 0 Å². The molecule has 1 aliphatic carbocycles. The lowest BCUT2D eigenvalue weighted by Gasteiger charge is -2.20. The standard InChI is InChI=1S/C21H18F2N4O/c1-11-21(27-19(28)9-12-2-6-16(22)17(23)8-12)26-18-7-3-13-10-14(24)4-5-15(13)20(18)25-11/h2,4-6,8,10H,3,7,9,24H2,1H3,(H,26,27,28). The van der Waals surface area contributed by atoms with Gasteiger partial charge in [0.05, 0.1) is 23.5 Å². The van der Waals surface area contributed by atoms with Crippen molar-refractivity contribution >= 4 is 17.4 Å². The van der Waals surface area contributed by atoms with E-state index >= 15 is 0 Å². The Morgan fingerprint density at radius 2 is 1.93 bits per heavy atom. The Kier molecular flexibility index (Phi) is 4.50. The molecule has 0 fully saturated rings. The number of hydrogen-bond acceptors (Lipinski definition) is 4. The van der Waals surface area contributed by atoms with Gasteiger partial charge < -0.3 is 11.1 Å². The Labute approximate surface area is 160 Å². The number of nitrogens with one attached hydrogen (secondary N) is 1. The predicted octanol–water partition coefficient (Wildman–Crippen LogP) is 3.59. The summed E-state index contributed by atoms with van der Waals surface area (Å²) in [5.74, 6) is -1.91. The lowest BCUT2D eigenvalue weighted by atomic mass is 9.91. The monoisotopic (exact) mass is 380 g/mol. The molecule has 1 heterocycles. The largest absolute Gasteiger partial charge is 0.399 e. The number of fused-ring (bicyclic) bond motifs is 3. The first kappa shape index (κ1) is 18.0. The number of anilines is 2. The van der Waals surface area contributed by atoms with Crippen LogP contribution in [0, 0.1) is 18.6 Å².